The van der Waals surface area contributed by atoms with Crippen LogP contribution in [0.25, 0.3) is 0 Å². The number of carbonyl (C=O) groups is 2. The largest absolute Gasteiger partial charge is 0.466 e. The van der Waals surface area contributed by atoms with E-state index in [2.05, 4.69) is 0 Å². The summed E-state index contributed by atoms with van der Waals surface area (Å²) in [5, 5.41) is 3.36. The average Bonchev–Trinajstić information content (AvgIpc) is 2.81. The fraction of sp³-hybridized carbons (Fsp3) is 0.160. The van der Waals surface area contributed by atoms with Gasteiger partial charge in [-0.25, -0.2) is 4.79 Å². The lowest BCUT2D eigenvalue weighted by atomic mass is 10.3. The van der Waals surface area contributed by atoms with Crippen LogP contribution in [0.3, 0.4) is 0 Å². The van der Waals surface area contributed by atoms with Crippen LogP contribution in [-0.4, -0.2) is 30.9 Å². The first-order chi connectivity index (χ1) is 14.6. The summed E-state index contributed by atoms with van der Waals surface area (Å²) in [4.78, 5) is 25.8. The highest BCUT2D eigenvalue weighted by atomic mass is 31.2. The standard InChI is InChI=1S/C25H25O4P/c1-3-29-24(26)19-23(25(27)28-2)30(20-13-7-4-8-14-20,21-15-9-5-10-16-21)22-17-11-6-12-18-22/h4-18H,3,19H2,1-2H3. The van der Waals surface area contributed by atoms with Crippen LogP contribution in [0.2, 0.25) is 0 Å². The molecule has 0 heterocycles. The van der Waals surface area contributed by atoms with Crippen LogP contribution in [0.15, 0.2) is 91.0 Å². The maximum absolute atomic E-state index is 13.2. The normalized spacial score (nSPS) is 10.9. The number of esters is 2. The summed E-state index contributed by atoms with van der Waals surface area (Å²) >= 11 is 0. The van der Waals surface area contributed by atoms with Crippen LogP contribution in [0, 0.1) is 0 Å². The van der Waals surface area contributed by atoms with Crippen LogP contribution in [-0.2, 0) is 19.1 Å². The summed E-state index contributed by atoms with van der Waals surface area (Å²) in [5.74, 6) is -0.932. The second kappa shape index (κ2) is 10.1. The zero-order chi connectivity index (χ0) is 21.4. The minimum Gasteiger partial charge on any atom is -0.466 e. The van der Waals surface area contributed by atoms with E-state index in [0.29, 0.717) is 5.29 Å². The van der Waals surface area contributed by atoms with Crippen molar-refractivity contribution in [3.63, 3.8) is 0 Å². The Bertz CT molecular complexity index is 941. The summed E-state index contributed by atoms with van der Waals surface area (Å²) in [7, 11) is 1.35. The lowest BCUT2D eigenvalue weighted by molar-refractivity contribution is -0.142. The van der Waals surface area contributed by atoms with E-state index in [9.17, 15) is 9.59 Å². The van der Waals surface area contributed by atoms with Gasteiger partial charge in [-0.3, -0.25) is 4.79 Å². The highest BCUT2D eigenvalue weighted by Crippen LogP contribution is 2.47. The van der Waals surface area contributed by atoms with E-state index in [0.717, 1.165) is 15.9 Å². The fourth-order valence-corrected chi connectivity index (χ4v) is 8.08. The number of hydrogen-bond donors (Lipinski definition) is 0. The van der Waals surface area contributed by atoms with Gasteiger partial charge in [0.15, 0.2) is 0 Å². The molecular weight excluding hydrogens is 395 g/mol. The zero-order valence-electron chi connectivity index (χ0n) is 17.2. The molecule has 0 amide bonds. The molecule has 0 radical (unpaired) electrons. The molecule has 30 heavy (non-hydrogen) atoms. The summed E-state index contributed by atoms with van der Waals surface area (Å²) in [6.45, 7) is -0.668. The fourth-order valence-electron chi connectivity index (χ4n) is 3.66. The first-order valence-corrected chi connectivity index (χ1v) is 11.6. The van der Waals surface area contributed by atoms with Gasteiger partial charge >= 0.3 is 11.9 Å². The predicted molar refractivity (Wildman–Crippen MR) is 123 cm³/mol. The molecular formula is C25H25O4P. The molecule has 0 aromatic heterocycles. The molecule has 3 rings (SSSR count). The molecule has 0 unspecified atom stereocenters. The van der Waals surface area contributed by atoms with E-state index in [4.69, 9.17) is 9.47 Å². The van der Waals surface area contributed by atoms with Gasteiger partial charge in [0.2, 0.25) is 0 Å². The van der Waals surface area contributed by atoms with Crippen LogP contribution < -0.4 is 15.9 Å². The number of ether oxygens (including phenoxy) is 2. The highest BCUT2D eigenvalue weighted by Gasteiger charge is 2.34. The molecule has 0 aliphatic heterocycles. The molecule has 0 bridgehead atoms. The topological polar surface area (TPSA) is 52.6 Å². The molecule has 0 N–H and O–H groups in total. The van der Waals surface area contributed by atoms with E-state index in [1.165, 1.54) is 7.11 Å². The van der Waals surface area contributed by atoms with Gasteiger partial charge in [0.1, 0.15) is 0 Å². The lowest BCUT2D eigenvalue weighted by Gasteiger charge is -2.31. The summed E-state index contributed by atoms with van der Waals surface area (Å²) in [5.41, 5.74) is 0. The van der Waals surface area contributed by atoms with Crippen LogP contribution in [0.5, 0.6) is 0 Å². The predicted octanol–water partition coefficient (Wildman–Crippen LogP) is 3.28. The first-order valence-electron chi connectivity index (χ1n) is 9.80. The van der Waals surface area contributed by atoms with E-state index in [-0.39, 0.29) is 13.0 Å². The summed E-state index contributed by atoms with van der Waals surface area (Å²) in [6, 6.07) is 29.6. The molecule has 0 aliphatic rings. The van der Waals surface area contributed by atoms with Crippen molar-refractivity contribution in [3.05, 3.63) is 91.0 Å². The number of benzene rings is 3. The van der Waals surface area contributed by atoms with Gasteiger partial charge in [0.05, 0.1) is 25.4 Å². The average molecular weight is 420 g/mol. The quantitative estimate of drug-likeness (QED) is 0.435. The molecule has 0 spiro atoms. The van der Waals surface area contributed by atoms with Crippen molar-refractivity contribution in [1.29, 1.82) is 0 Å². The van der Waals surface area contributed by atoms with Crippen molar-refractivity contribution in [3.8, 4) is 0 Å². The first kappa shape index (κ1) is 21.6. The monoisotopic (exact) mass is 420 g/mol. The smallest absolute Gasteiger partial charge is 0.335 e. The Labute approximate surface area is 177 Å². The maximum atomic E-state index is 13.2. The molecule has 3 aromatic rings. The van der Waals surface area contributed by atoms with Gasteiger partial charge in [0, 0.05) is 0 Å². The van der Waals surface area contributed by atoms with Gasteiger partial charge in [-0.1, -0.05) is 91.0 Å². The lowest BCUT2D eigenvalue weighted by Crippen LogP contribution is -2.35. The Morgan fingerprint density at radius 1 is 0.733 bits per heavy atom. The number of methoxy groups -OCH3 is 1. The summed E-state index contributed by atoms with van der Waals surface area (Å²) in [6.07, 6.45) is -0.132. The maximum Gasteiger partial charge on any atom is 0.335 e. The third-order valence-corrected chi connectivity index (χ3v) is 9.24. The molecule has 5 heteroatoms. The van der Waals surface area contributed by atoms with E-state index in [1.54, 1.807) is 6.92 Å². The SMILES string of the molecule is CCOC(=O)CC(C(=O)OC)=P(c1ccccc1)(c1ccccc1)c1ccccc1. The van der Waals surface area contributed by atoms with Crippen molar-refractivity contribution in [2.45, 2.75) is 13.3 Å². The molecule has 154 valence electrons. The number of carbonyl (C=O) groups excluding carboxylic acids is 2. The van der Waals surface area contributed by atoms with E-state index in [1.807, 2.05) is 91.0 Å². The molecule has 3 aromatic carbocycles. The molecule has 0 aliphatic carbocycles. The van der Waals surface area contributed by atoms with Gasteiger partial charge in [-0.15, -0.1) is 0 Å². The van der Waals surface area contributed by atoms with Crippen molar-refractivity contribution in [1.82, 2.24) is 0 Å². The van der Waals surface area contributed by atoms with Gasteiger partial charge in [0.25, 0.3) is 0 Å². The van der Waals surface area contributed by atoms with Crippen molar-refractivity contribution in [2.75, 3.05) is 13.7 Å². The molecule has 0 atom stereocenters. The van der Waals surface area contributed by atoms with Crippen molar-refractivity contribution < 1.29 is 19.1 Å². The highest BCUT2D eigenvalue weighted by molar-refractivity contribution is 7.96. The van der Waals surface area contributed by atoms with Crippen LogP contribution in [0.1, 0.15) is 13.3 Å². The molecule has 0 fully saturated rings. The minimum absolute atomic E-state index is 0.132. The Kier molecular flexibility index (Phi) is 7.26. The third-order valence-electron chi connectivity index (χ3n) is 4.87. The van der Waals surface area contributed by atoms with Crippen LogP contribution in [0.4, 0.5) is 0 Å². The molecule has 4 nitrogen and oxygen atoms in total. The van der Waals surface area contributed by atoms with Gasteiger partial charge < -0.3 is 9.47 Å². The summed E-state index contributed by atoms with van der Waals surface area (Å²) < 4.78 is 10.4. The molecule has 0 saturated carbocycles. The number of hydrogen-bond acceptors (Lipinski definition) is 4. The minimum atomic E-state index is -2.67. The second-order valence-corrected chi connectivity index (χ2v) is 10.0. The Hall–Kier alpha value is -3.10. The van der Waals surface area contributed by atoms with E-state index >= 15 is 0 Å². The van der Waals surface area contributed by atoms with Crippen molar-refractivity contribution in [2.24, 2.45) is 0 Å². The van der Waals surface area contributed by atoms with Crippen molar-refractivity contribution >= 4 is 40.0 Å². The third kappa shape index (κ3) is 4.24. The second-order valence-electron chi connectivity index (χ2n) is 6.60. The Balaban J connectivity index is 2.53. The van der Waals surface area contributed by atoms with E-state index < -0.39 is 18.8 Å². The Morgan fingerprint density at radius 2 is 1.13 bits per heavy atom. The Morgan fingerprint density at radius 3 is 1.47 bits per heavy atom. The van der Waals surface area contributed by atoms with Gasteiger partial charge in [-0.2, -0.15) is 0 Å². The van der Waals surface area contributed by atoms with Gasteiger partial charge in [-0.05, 0) is 29.7 Å². The zero-order valence-corrected chi connectivity index (χ0v) is 18.0. The molecule has 0 saturated heterocycles. The van der Waals surface area contributed by atoms with Crippen LogP contribution >= 0.6 is 6.89 Å². The number of rotatable bonds is 7.